The third kappa shape index (κ3) is 6.65. The van der Waals surface area contributed by atoms with Gasteiger partial charge in [0, 0.05) is 23.1 Å². The zero-order valence-electron chi connectivity index (χ0n) is 11.2. The number of carbonyl (C=O) groups excluding carboxylic acids is 1. The van der Waals surface area contributed by atoms with Gasteiger partial charge in [-0.05, 0) is 43.5 Å². The SMILES string of the molecule is CC(=O)OCCCCCOS(=O)(=S)c1ccc(Cl)cc1. The number of rotatable bonds is 8. The third-order valence-corrected chi connectivity index (χ3v) is 4.88. The molecule has 0 fully saturated rings. The molecule has 0 N–H and O–H groups in total. The van der Waals surface area contributed by atoms with Crippen molar-refractivity contribution in [2.75, 3.05) is 13.2 Å². The number of hydrogen-bond acceptors (Lipinski definition) is 5. The van der Waals surface area contributed by atoms with E-state index in [1.807, 2.05) is 0 Å². The summed E-state index contributed by atoms with van der Waals surface area (Å²) in [6.07, 6.45) is 2.28. The number of hydrogen-bond donors (Lipinski definition) is 0. The summed E-state index contributed by atoms with van der Waals surface area (Å²) >= 11 is 10.7. The van der Waals surface area contributed by atoms with Crippen molar-refractivity contribution in [3.05, 3.63) is 29.3 Å². The van der Waals surface area contributed by atoms with E-state index in [1.165, 1.54) is 6.92 Å². The Hall–Kier alpha value is -0.690. The Morgan fingerprint density at radius 2 is 1.80 bits per heavy atom. The molecule has 0 amide bonds. The van der Waals surface area contributed by atoms with Crippen LogP contribution < -0.4 is 0 Å². The molecule has 112 valence electrons. The average molecular weight is 337 g/mol. The minimum Gasteiger partial charge on any atom is -0.466 e. The Labute approximate surface area is 129 Å². The van der Waals surface area contributed by atoms with Gasteiger partial charge in [-0.2, -0.15) is 0 Å². The van der Waals surface area contributed by atoms with Crippen molar-refractivity contribution in [3.8, 4) is 0 Å². The smallest absolute Gasteiger partial charge is 0.302 e. The fourth-order valence-corrected chi connectivity index (χ4v) is 3.04. The maximum atomic E-state index is 12.2. The molecular weight excluding hydrogens is 320 g/mol. The predicted molar refractivity (Wildman–Crippen MR) is 81.7 cm³/mol. The van der Waals surface area contributed by atoms with Crippen LogP contribution in [0, 0.1) is 0 Å². The van der Waals surface area contributed by atoms with E-state index in [1.54, 1.807) is 24.3 Å². The zero-order valence-corrected chi connectivity index (χ0v) is 13.6. The molecule has 20 heavy (non-hydrogen) atoms. The summed E-state index contributed by atoms with van der Waals surface area (Å²) in [7, 11) is -2.89. The highest BCUT2D eigenvalue weighted by atomic mass is 35.5. The summed E-state index contributed by atoms with van der Waals surface area (Å²) in [6, 6.07) is 6.48. The quantitative estimate of drug-likeness (QED) is 0.539. The normalized spacial score (nSPS) is 13.7. The molecule has 0 aliphatic carbocycles. The molecule has 0 radical (unpaired) electrons. The van der Waals surface area contributed by atoms with Crippen LogP contribution in [0.5, 0.6) is 0 Å². The number of unbranched alkanes of at least 4 members (excludes halogenated alkanes) is 2. The summed E-state index contributed by atoms with van der Waals surface area (Å²) in [6.45, 7) is 2.09. The lowest BCUT2D eigenvalue weighted by Gasteiger charge is -2.08. The first-order chi connectivity index (χ1) is 9.42. The van der Waals surface area contributed by atoms with E-state index in [9.17, 15) is 9.00 Å². The molecule has 0 heterocycles. The van der Waals surface area contributed by atoms with E-state index >= 15 is 0 Å². The second kappa shape index (κ2) is 8.56. The molecule has 0 bridgehead atoms. The van der Waals surface area contributed by atoms with Crippen molar-refractivity contribution in [3.63, 3.8) is 0 Å². The summed E-state index contributed by atoms with van der Waals surface area (Å²) in [5.74, 6) is -0.280. The van der Waals surface area contributed by atoms with Crippen LogP contribution in [-0.2, 0) is 33.7 Å². The first-order valence-electron chi connectivity index (χ1n) is 6.20. The number of carbonyl (C=O) groups is 1. The van der Waals surface area contributed by atoms with Crippen LogP contribution in [0.25, 0.3) is 0 Å². The third-order valence-electron chi connectivity index (χ3n) is 2.43. The molecule has 1 aromatic carbocycles. The van der Waals surface area contributed by atoms with Gasteiger partial charge in [-0.1, -0.05) is 11.6 Å². The van der Waals surface area contributed by atoms with E-state index in [0.29, 0.717) is 29.6 Å². The van der Waals surface area contributed by atoms with Crippen LogP contribution >= 0.6 is 11.6 Å². The molecule has 4 nitrogen and oxygen atoms in total. The van der Waals surface area contributed by atoms with Crippen LogP contribution in [0.1, 0.15) is 26.2 Å². The summed E-state index contributed by atoms with van der Waals surface area (Å²) in [4.78, 5) is 11.0. The van der Waals surface area contributed by atoms with E-state index in [-0.39, 0.29) is 5.97 Å². The fraction of sp³-hybridized carbons (Fsp3) is 0.462. The standard InChI is InChI=1S/C13H17ClO4S2/c1-11(15)17-9-3-2-4-10-18-20(16,19)13-7-5-12(14)6-8-13/h5-8H,2-4,9-10H2,1H3. The number of esters is 1. The minimum atomic E-state index is -2.89. The summed E-state index contributed by atoms with van der Waals surface area (Å²) < 4.78 is 22.2. The van der Waals surface area contributed by atoms with Gasteiger partial charge in [0.1, 0.15) is 0 Å². The van der Waals surface area contributed by atoms with E-state index < -0.39 is 8.77 Å². The molecule has 1 unspecified atom stereocenters. The van der Waals surface area contributed by atoms with Crippen molar-refractivity contribution in [1.29, 1.82) is 0 Å². The Kier molecular flexibility index (Phi) is 7.43. The first kappa shape index (κ1) is 17.4. The first-order valence-corrected chi connectivity index (χ1v) is 8.99. The Balaban J connectivity index is 2.27. The van der Waals surface area contributed by atoms with Gasteiger partial charge < -0.3 is 4.74 Å². The molecule has 0 saturated carbocycles. The molecule has 1 aromatic rings. The highest BCUT2D eigenvalue weighted by molar-refractivity contribution is 8.30. The molecular formula is C13H17ClO4S2. The molecule has 7 heteroatoms. The number of ether oxygens (including phenoxy) is 1. The number of halogens is 1. The lowest BCUT2D eigenvalue weighted by molar-refractivity contribution is -0.141. The van der Waals surface area contributed by atoms with Crippen molar-refractivity contribution in [2.45, 2.75) is 31.1 Å². The topological polar surface area (TPSA) is 52.6 Å². The maximum Gasteiger partial charge on any atom is 0.302 e. The van der Waals surface area contributed by atoms with Crippen molar-refractivity contribution in [2.24, 2.45) is 0 Å². The maximum absolute atomic E-state index is 12.2. The second-order valence-corrected chi connectivity index (χ2v) is 7.50. The monoisotopic (exact) mass is 336 g/mol. The van der Waals surface area contributed by atoms with Gasteiger partial charge in [-0.25, -0.2) is 4.21 Å². The van der Waals surface area contributed by atoms with Crippen molar-refractivity contribution in [1.82, 2.24) is 0 Å². The van der Waals surface area contributed by atoms with Gasteiger partial charge in [0.15, 0.2) is 8.77 Å². The molecule has 1 atom stereocenters. The van der Waals surface area contributed by atoms with Crippen LogP contribution in [0.4, 0.5) is 0 Å². The molecule has 0 saturated heterocycles. The Morgan fingerprint density at radius 3 is 2.40 bits per heavy atom. The molecule has 0 spiro atoms. The van der Waals surface area contributed by atoms with Gasteiger partial charge >= 0.3 is 5.97 Å². The minimum absolute atomic E-state index is 0.280. The average Bonchev–Trinajstić information content (AvgIpc) is 2.37. The largest absolute Gasteiger partial charge is 0.466 e. The summed E-state index contributed by atoms with van der Waals surface area (Å²) in [5, 5.41) is 0.560. The highest BCUT2D eigenvalue weighted by Gasteiger charge is 2.10. The van der Waals surface area contributed by atoms with Crippen LogP contribution in [-0.4, -0.2) is 23.4 Å². The van der Waals surface area contributed by atoms with Gasteiger partial charge in [-0.15, -0.1) is 0 Å². The lowest BCUT2D eigenvalue weighted by atomic mass is 10.2. The van der Waals surface area contributed by atoms with Crippen LogP contribution in [0.2, 0.25) is 5.02 Å². The van der Waals surface area contributed by atoms with Gasteiger partial charge in [0.05, 0.1) is 18.1 Å². The van der Waals surface area contributed by atoms with Crippen LogP contribution in [0.15, 0.2) is 29.2 Å². The summed E-state index contributed by atoms with van der Waals surface area (Å²) in [5.41, 5.74) is 0. The molecule has 1 rings (SSSR count). The van der Waals surface area contributed by atoms with Crippen LogP contribution in [0.3, 0.4) is 0 Å². The number of benzene rings is 1. The fourth-order valence-electron chi connectivity index (χ4n) is 1.43. The zero-order chi connectivity index (χ0) is 15.0. The van der Waals surface area contributed by atoms with E-state index in [4.69, 9.17) is 31.7 Å². The Bertz CT molecular complexity index is 526. The van der Waals surface area contributed by atoms with Crippen molar-refractivity contribution < 1.29 is 17.9 Å². The highest BCUT2D eigenvalue weighted by Crippen LogP contribution is 2.17. The lowest BCUT2D eigenvalue weighted by Crippen LogP contribution is -2.07. The van der Waals surface area contributed by atoms with Gasteiger partial charge in [0.2, 0.25) is 0 Å². The molecule has 0 aromatic heterocycles. The van der Waals surface area contributed by atoms with Crippen molar-refractivity contribution >= 4 is 37.5 Å². The van der Waals surface area contributed by atoms with E-state index in [0.717, 1.165) is 12.8 Å². The van der Waals surface area contributed by atoms with Gasteiger partial charge in [0.25, 0.3) is 0 Å². The predicted octanol–water partition coefficient (Wildman–Crippen LogP) is 3.11. The molecule has 0 aliphatic heterocycles. The van der Waals surface area contributed by atoms with Gasteiger partial charge in [-0.3, -0.25) is 8.98 Å². The molecule has 0 aliphatic rings. The Morgan fingerprint density at radius 1 is 1.20 bits per heavy atom. The van der Waals surface area contributed by atoms with E-state index in [2.05, 4.69) is 0 Å². The second-order valence-electron chi connectivity index (χ2n) is 4.13.